The van der Waals surface area contributed by atoms with E-state index in [1.165, 1.54) is 18.6 Å². The summed E-state index contributed by atoms with van der Waals surface area (Å²) in [6.07, 6.45) is 5.85. The molecule has 1 heterocycles. The fraction of sp³-hybridized carbons (Fsp3) is 0.440. The highest BCUT2D eigenvalue weighted by atomic mass is 19.1. The highest BCUT2D eigenvalue weighted by Crippen LogP contribution is 2.25. The van der Waals surface area contributed by atoms with Crippen LogP contribution in [0.5, 0.6) is 0 Å². The summed E-state index contributed by atoms with van der Waals surface area (Å²) in [5, 5.41) is 10.7. The van der Waals surface area contributed by atoms with E-state index in [1.54, 1.807) is 19.1 Å². The summed E-state index contributed by atoms with van der Waals surface area (Å²) < 4.78 is 24.3. The molecular formula is C25H29FO3. The third-order valence-corrected chi connectivity index (χ3v) is 5.09. The second kappa shape index (κ2) is 10.5. The number of hydrogen-bond acceptors (Lipinski definition) is 3. The van der Waals surface area contributed by atoms with Gasteiger partial charge in [0.15, 0.2) is 6.29 Å². The summed E-state index contributed by atoms with van der Waals surface area (Å²) in [7, 11) is 0. The normalized spacial score (nSPS) is 18.5. The van der Waals surface area contributed by atoms with Gasteiger partial charge in [0, 0.05) is 19.6 Å². The van der Waals surface area contributed by atoms with Gasteiger partial charge in [-0.05, 0) is 67.9 Å². The molecule has 1 fully saturated rings. The van der Waals surface area contributed by atoms with Gasteiger partial charge in [-0.15, -0.1) is 0 Å². The van der Waals surface area contributed by atoms with Crippen LogP contribution in [0.25, 0.3) is 11.1 Å². The van der Waals surface area contributed by atoms with Gasteiger partial charge in [-0.3, -0.25) is 0 Å². The van der Waals surface area contributed by atoms with Crippen molar-refractivity contribution >= 4 is 0 Å². The van der Waals surface area contributed by atoms with Gasteiger partial charge in [-0.25, -0.2) is 4.39 Å². The fourth-order valence-electron chi connectivity index (χ4n) is 3.31. The van der Waals surface area contributed by atoms with Gasteiger partial charge >= 0.3 is 0 Å². The minimum atomic E-state index is -1.20. The van der Waals surface area contributed by atoms with E-state index < -0.39 is 5.60 Å². The Bertz CT molecular complexity index is 810. The van der Waals surface area contributed by atoms with E-state index in [0.29, 0.717) is 6.61 Å². The first-order valence-corrected chi connectivity index (χ1v) is 10.4. The van der Waals surface area contributed by atoms with Crippen LogP contribution in [0.4, 0.5) is 4.39 Å². The first kappa shape index (κ1) is 21.5. The van der Waals surface area contributed by atoms with E-state index in [0.717, 1.165) is 55.4 Å². The number of hydrogen-bond donors (Lipinski definition) is 1. The number of aliphatic hydroxyl groups is 1. The van der Waals surface area contributed by atoms with Gasteiger partial charge in [0.1, 0.15) is 11.4 Å². The molecule has 2 unspecified atom stereocenters. The molecule has 3 rings (SSSR count). The zero-order chi connectivity index (χ0) is 20.5. The molecule has 1 aliphatic heterocycles. The highest BCUT2D eigenvalue weighted by molar-refractivity contribution is 5.63. The Morgan fingerprint density at radius 1 is 1.07 bits per heavy atom. The third-order valence-electron chi connectivity index (χ3n) is 5.09. The van der Waals surface area contributed by atoms with Crippen LogP contribution in [0.2, 0.25) is 0 Å². The van der Waals surface area contributed by atoms with Crippen LogP contribution in [0.1, 0.15) is 51.0 Å². The summed E-state index contributed by atoms with van der Waals surface area (Å²) in [5.74, 6) is 5.81. The summed E-state index contributed by atoms with van der Waals surface area (Å²) in [4.78, 5) is 0. The summed E-state index contributed by atoms with van der Waals surface area (Å²) >= 11 is 0. The summed E-state index contributed by atoms with van der Waals surface area (Å²) in [6.45, 7) is 3.19. The maximum Gasteiger partial charge on any atom is 0.157 e. The second-order valence-electron chi connectivity index (χ2n) is 7.58. The van der Waals surface area contributed by atoms with Crippen molar-refractivity contribution in [2.24, 2.45) is 0 Å². The number of unbranched alkanes of at least 4 members (excludes halogenated alkanes) is 2. The molecule has 0 aliphatic carbocycles. The van der Waals surface area contributed by atoms with E-state index in [4.69, 9.17) is 9.47 Å². The van der Waals surface area contributed by atoms with Crippen molar-refractivity contribution in [3.05, 3.63) is 59.9 Å². The van der Waals surface area contributed by atoms with Crippen LogP contribution in [-0.4, -0.2) is 24.6 Å². The molecule has 2 aromatic carbocycles. The summed E-state index contributed by atoms with van der Waals surface area (Å²) in [6, 6.07) is 13.9. The average Bonchev–Trinajstić information content (AvgIpc) is 2.74. The van der Waals surface area contributed by atoms with Crippen LogP contribution < -0.4 is 0 Å². The monoisotopic (exact) mass is 396 g/mol. The van der Waals surface area contributed by atoms with Crippen LogP contribution >= 0.6 is 0 Å². The molecule has 0 bridgehead atoms. The molecule has 0 saturated carbocycles. The molecule has 0 aromatic heterocycles. The van der Waals surface area contributed by atoms with Crippen molar-refractivity contribution in [2.45, 2.75) is 57.3 Å². The first-order valence-electron chi connectivity index (χ1n) is 10.4. The fourth-order valence-corrected chi connectivity index (χ4v) is 3.31. The van der Waals surface area contributed by atoms with Gasteiger partial charge in [-0.2, -0.15) is 0 Å². The molecule has 2 atom stereocenters. The van der Waals surface area contributed by atoms with Crippen molar-refractivity contribution in [1.82, 2.24) is 0 Å². The molecule has 0 amide bonds. The van der Waals surface area contributed by atoms with Crippen molar-refractivity contribution in [1.29, 1.82) is 0 Å². The number of ether oxygens (including phenoxy) is 2. The lowest BCUT2D eigenvalue weighted by molar-refractivity contribution is -0.162. The SMILES string of the molecule is CC(O)(C#CCCCCOC1CCCCO1)c1ccc(-c2ccc(F)cc2)cc1. The van der Waals surface area contributed by atoms with Crippen LogP contribution in [-0.2, 0) is 15.1 Å². The molecule has 0 radical (unpaired) electrons. The van der Waals surface area contributed by atoms with Gasteiger partial charge < -0.3 is 14.6 Å². The van der Waals surface area contributed by atoms with E-state index in [-0.39, 0.29) is 12.1 Å². The molecule has 29 heavy (non-hydrogen) atoms. The Morgan fingerprint density at radius 2 is 1.76 bits per heavy atom. The quantitative estimate of drug-likeness (QED) is 0.502. The molecule has 1 aliphatic rings. The Balaban J connectivity index is 1.44. The lowest BCUT2D eigenvalue weighted by Crippen LogP contribution is -2.22. The molecule has 3 nitrogen and oxygen atoms in total. The minimum absolute atomic E-state index is 0.0338. The number of benzene rings is 2. The molecule has 2 aromatic rings. The lowest BCUT2D eigenvalue weighted by atomic mass is 9.94. The van der Waals surface area contributed by atoms with Crippen molar-refractivity contribution in [3.63, 3.8) is 0 Å². The largest absolute Gasteiger partial charge is 0.374 e. The number of rotatable bonds is 7. The standard InChI is InChI=1S/C25H29FO3/c1-25(27,17-5-2-3-6-18-28-24-8-4-7-19-29-24)22-13-9-20(10-14-22)21-11-15-23(26)16-12-21/h9-16,24,27H,2-4,6-8,18-19H2,1H3. The predicted molar refractivity (Wildman–Crippen MR) is 113 cm³/mol. The Hall–Kier alpha value is -2.19. The maximum absolute atomic E-state index is 13.1. The van der Waals surface area contributed by atoms with E-state index in [2.05, 4.69) is 11.8 Å². The zero-order valence-corrected chi connectivity index (χ0v) is 17.0. The Kier molecular flexibility index (Phi) is 7.83. The van der Waals surface area contributed by atoms with Crippen molar-refractivity contribution in [3.8, 4) is 23.0 Å². The van der Waals surface area contributed by atoms with Crippen LogP contribution in [0, 0.1) is 17.7 Å². The smallest absolute Gasteiger partial charge is 0.157 e. The zero-order valence-electron chi connectivity index (χ0n) is 17.0. The van der Waals surface area contributed by atoms with Crippen LogP contribution in [0.3, 0.4) is 0 Å². The third kappa shape index (κ3) is 6.68. The van der Waals surface area contributed by atoms with Crippen molar-refractivity contribution in [2.75, 3.05) is 13.2 Å². The first-order chi connectivity index (χ1) is 14.0. The van der Waals surface area contributed by atoms with Crippen molar-refractivity contribution < 1.29 is 19.0 Å². The van der Waals surface area contributed by atoms with E-state index in [9.17, 15) is 9.50 Å². The van der Waals surface area contributed by atoms with E-state index in [1.807, 2.05) is 24.3 Å². The highest BCUT2D eigenvalue weighted by Gasteiger charge is 2.19. The second-order valence-corrected chi connectivity index (χ2v) is 7.58. The van der Waals surface area contributed by atoms with Gasteiger partial charge in [-0.1, -0.05) is 48.2 Å². The van der Waals surface area contributed by atoms with Gasteiger partial charge in [0.2, 0.25) is 0 Å². The molecule has 0 spiro atoms. The molecular weight excluding hydrogens is 367 g/mol. The van der Waals surface area contributed by atoms with Crippen LogP contribution in [0.15, 0.2) is 48.5 Å². The Morgan fingerprint density at radius 3 is 2.41 bits per heavy atom. The average molecular weight is 397 g/mol. The predicted octanol–water partition coefficient (Wildman–Crippen LogP) is 5.42. The molecule has 154 valence electrons. The van der Waals surface area contributed by atoms with E-state index >= 15 is 0 Å². The molecule has 1 saturated heterocycles. The van der Waals surface area contributed by atoms with Gasteiger partial charge in [0.05, 0.1) is 0 Å². The number of halogens is 1. The maximum atomic E-state index is 13.1. The lowest BCUT2D eigenvalue weighted by Gasteiger charge is -2.22. The molecule has 1 N–H and O–H groups in total. The topological polar surface area (TPSA) is 38.7 Å². The van der Waals surface area contributed by atoms with Gasteiger partial charge in [0.25, 0.3) is 0 Å². The summed E-state index contributed by atoms with van der Waals surface area (Å²) in [5.41, 5.74) is 1.45. The molecule has 4 heteroatoms. The Labute approximate surface area is 172 Å². The minimum Gasteiger partial charge on any atom is -0.374 e.